The van der Waals surface area contributed by atoms with E-state index in [-0.39, 0.29) is 22.6 Å². The van der Waals surface area contributed by atoms with Gasteiger partial charge in [-0.2, -0.15) is 4.31 Å². The molecule has 0 atom stereocenters. The standard InChI is InChI=1S/C24H23ClF2N2O2S/c1-17-2-11-22(16-23(17)25)32(30,31)29-14-12-28(13-15-29)24(18-3-7-20(26)8-4-18)19-5-9-21(27)10-6-19/h2-11,16,24H,12-15H2,1H3. The second kappa shape index (κ2) is 9.27. The molecule has 0 radical (unpaired) electrons. The molecule has 3 aromatic carbocycles. The fraction of sp³-hybridized carbons (Fsp3) is 0.250. The van der Waals surface area contributed by atoms with E-state index in [4.69, 9.17) is 11.6 Å². The van der Waals surface area contributed by atoms with Gasteiger partial charge >= 0.3 is 0 Å². The van der Waals surface area contributed by atoms with Gasteiger partial charge in [-0.05, 0) is 60.0 Å². The van der Waals surface area contributed by atoms with Crippen LogP contribution in [-0.4, -0.2) is 43.8 Å². The summed E-state index contributed by atoms with van der Waals surface area (Å²) >= 11 is 6.14. The predicted molar refractivity (Wildman–Crippen MR) is 121 cm³/mol. The Morgan fingerprint density at radius 2 is 1.31 bits per heavy atom. The smallest absolute Gasteiger partial charge is 0.243 e. The van der Waals surface area contributed by atoms with E-state index in [2.05, 4.69) is 4.90 Å². The van der Waals surface area contributed by atoms with Crippen LogP contribution in [0.3, 0.4) is 0 Å². The van der Waals surface area contributed by atoms with Crippen LogP contribution >= 0.6 is 11.6 Å². The summed E-state index contributed by atoms with van der Waals surface area (Å²) in [6, 6.07) is 16.9. The zero-order valence-corrected chi connectivity index (χ0v) is 19.1. The van der Waals surface area contributed by atoms with Gasteiger partial charge in [0.15, 0.2) is 0 Å². The van der Waals surface area contributed by atoms with E-state index in [9.17, 15) is 17.2 Å². The van der Waals surface area contributed by atoms with Crippen molar-refractivity contribution >= 4 is 21.6 Å². The van der Waals surface area contributed by atoms with Gasteiger partial charge in [0, 0.05) is 31.2 Å². The molecular formula is C24H23ClF2N2O2S. The number of halogens is 3. The topological polar surface area (TPSA) is 40.6 Å². The minimum atomic E-state index is -3.67. The first-order chi connectivity index (χ1) is 15.3. The van der Waals surface area contributed by atoms with Crippen molar-refractivity contribution in [1.82, 2.24) is 9.21 Å². The summed E-state index contributed by atoms with van der Waals surface area (Å²) in [6.45, 7) is 3.36. The summed E-state index contributed by atoms with van der Waals surface area (Å²) in [5, 5.41) is 0.414. The van der Waals surface area contributed by atoms with Crippen molar-refractivity contribution in [3.63, 3.8) is 0 Å². The van der Waals surface area contributed by atoms with E-state index in [0.29, 0.717) is 31.2 Å². The Labute approximate surface area is 192 Å². The van der Waals surface area contributed by atoms with Crippen molar-refractivity contribution in [2.75, 3.05) is 26.2 Å². The first-order valence-electron chi connectivity index (χ1n) is 10.3. The maximum absolute atomic E-state index is 13.5. The number of aryl methyl sites for hydroxylation is 1. The molecule has 168 valence electrons. The Bertz CT molecular complexity index is 1150. The molecule has 4 rings (SSSR count). The summed E-state index contributed by atoms with van der Waals surface area (Å²) < 4.78 is 54.7. The van der Waals surface area contributed by atoms with Crippen LogP contribution in [0.2, 0.25) is 5.02 Å². The van der Waals surface area contributed by atoms with E-state index in [0.717, 1.165) is 16.7 Å². The third-order valence-electron chi connectivity index (χ3n) is 5.79. The van der Waals surface area contributed by atoms with Crippen LogP contribution in [0.4, 0.5) is 8.78 Å². The van der Waals surface area contributed by atoms with E-state index in [1.165, 1.54) is 34.6 Å². The molecule has 0 amide bonds. The summed E-state index contributed by atoms with van der Waals surface area (Å²) in [4.78, 5) is 2.31. The second-order valence-electron chi connectivity index (χ2n) is 7.86. The van der Waals surface area contributed by atoms with Crippen molar-refractivity contribution in [3.8, 4) is 0 Å². The normalized spacial score (nSPS) is 15.9. The molecule has 0 aliphatic carbocycles. The molecule has 0 N–H and O–H groups in total. The number of piperazine rings is 1. The van der Waals surface area contributed by atoms with Gasteiger partial charge in [0.2, 0.25) is 10.0 Å². The van der Waals surface area contributed by atoms with Crippen molar-refractivity contribution in [1.29, 1.82) is 0 Å². The monoisotopic (exact) mass is 476 g/mol. The largest absolute Gasteiger partial charge is 0.290 e. The average molecular weight is 477 g/mol. The summed E-state index contributed by atoms with van der Waals surface area (Å²) in [6.07, 6.45) is 0. The fourth-order valence-corrected chi connectivity index (χ4v) is 5.68. The predicted octanol–water partition coefficient (Wildman–Crippen LogP) is 5.02. The summed E-state index contributed by atoms with van der Waals surface area (Å²) in [7, 11) is -3.67. The SMILES string of the molecule is Cc1ccc(S(=O)(=O)N2CCN(C(c3ccc(F)cc3)c3ccc(F)cc3)CC2)cc1Cl. The van der Waals surface area contributed by atoms with Gasteiger partial charge in [-0.25, -0.2) is 17.2 Å². The van der Waals surface area contributed by atoms with Crippen molar-refractivity contribution in [2.45, 2.75) is 17.9 Å². The van der Waals surface area contributed by atoms with Crippen LogP contribution in [0.25, 0.3) is 0 Å². The molecule has 0 bridgehead atoms. The molecule has 0 spiro atoms. The highest BCUT2D eigenvalue weighted by molar-refractivity contribution is 7.89. The van der Waals surface area contributed by atoms with Crippen LogP contribution in [0.15, 0.2) is 71.6 Å². The van der Waals surface area contributed by atoms with Crippen molar-refractivity contribution in [3.05, 3.63) is 100 Å². The zero-order chi connectivity index (χ0) is 22.9. The molecule has 8 heteroatoms. The molecule has 0 saturated carbocycles. The molecule has 0 unspecified atom stereocenters. The van der Waals surface area contributed by atoms with E-state index in [1.54, 1.807) is 36.4 Å². The molecular weight excluding hydrogens is 454 g/mol. The number of sulfonamides is 1. The maximum Gasteiger partial charge on any atom is 0.243 e. The second-order valence-corrected chi connectivity index (χ2v) is 10.2. The minimum absolute atomic E-state index is 0.176. The molecule has 1 heterocycles. The highest BCUT2D eigenvalue weighted by atomic mass is 35.5. The molecule has 3 aromatic rings. The van der Waals surface area contributed by atoms with Gasteiger partial charge in [0.1, 0.15) is 11.6 Å². The molecule has 32 heavy (non-hydrogen) atoms. The Balaban J connectivity index is 1.57. The minimum Gasteiger partial charge on any atom is -0.290 e. The first kappa shape index (κ1) is 22.9. The van der Waals surface area contributed by atoms with Crippen LogP contribution in [0.5, 0.6) is 0 Å². The third-order valence-corrected chi connectivity index (χ3v) is 8.09. The molecule has 1 saturated heterocycles. The molecule has 0 aromatic heterocycles. The fourth-order valence-electron chi connectivity index (χ4n) is 3.99. The van der Waals surface area contributed by atoms with Crippen LogP contribution in [0, 0.1) is 18.6 Å². The molecule has 1 fully saturated rings. The maximum atomic E-state index is 13.5. The zero-order valence-electron chi connectivity index (χ0n) is 17.5. The van der Waals surface area contributed by atoms with Gasteiger partial charge in [-0.1, -0.05) is 41.9 Å². The Morgan fingerprint density at radius 1 is 0.812 bits per heavy atom. The van der Waals surface area contributed by atoms with E-state index in [1.807, 2.05) is 6.92 Å². The number of hydrogen-bond acceptors (Lipinski definition) is 3. The number of rotatable bonds is 5. The summed E-state index contributed by atoms with van der Waals surface area (Å²) in [5.74, 6) is -0.668. The molecule has 1 aliphatic heterocycles. The lowest BCUT2D eigenvalue weighted by Gasteiger charge is -2.39. The summed E-state index contributed by atoms with van der Waals surface area (Å²) in [5.41, 5.74) is 2.54. The average Bonchev–Trinajstić information content (AvgIpc) is 2.79. The molecule has 4 nitrogen and oxygen atoms in total. The van der Waals surface area contributed by atoms with E-state index < -0.39 is 10.0 Å². The molecule has 1 aliphatic rings. The lowest BCUT2D eigenvalue weighted by molar-refractivity contribution is 0.155. The lowest BCUT2D eigenvalue weighted by Crippen LogP contribution is -2.49. The Kier molecular flexibility index (Phi) is 6.62. The van der Waals surface area contributed by atoms with Gasteiger partial charge in [0.25, 0.3) is 0 Å². The van der Waals surface area contributed by atoms with Crippen LogP contribution in [-0.2, 0) is 10.0 Å². The van der Waals surface area contributed by atoms with Gasteiger partial charge in [-0.15, -0.1) is 0 Å². The number of benzene rings is 3. The van der Waals surface area contributed by atoms with Gasteiger partial charge in [-0.3, -0.25) is 4.90 Å². The quantitative estimate of drug-likeness (QED) is 0.519. The van der Waals surface area contributed by atoms with Crippen LogP contribution in [0.1, 0.15) is 22.7 Å². The Hall–Kier alpha value is -2.32. The number of hydrogen-bond donors (Lipinski definition) is 0. The highest BCUT2D eigenvalue weighted by Gasteiger charge is 2.32. The van der Waals surface area contributed by atoms with Crippen molar-refractivity contribution in [2.24, 2.45) is 0 Å². The van der Waals surface area contributed by atoms with Crippen molar-refractivity contribution < 1.29 is 17.2 Å². The van der Waals surface area contributed by atoms with Crippen LogP contribution < -0.4 is 0 Å². The Morgan fingerprint density at radius 3 is 1.78 bits per heavy atom. The third kappa shape index (κ3) is 4.71. The van der Waals surface area contributed by atoms with Gasteiger partial charge in [0.05, 0.1) is 10.9 Å². The first-order valence-corrected chi connectivity index (χ1v) is 12.1. The lowest BCUT2D eigenvalue weighted by atomic mass is 9.96. The highest BCUT2D eigenvalue weighted by Crippen LogP contribution is 2.31. The van der Waals surface area contributed by atoms with E-state index >= 15 is 0 Å². The number of nitrogens with zero attached hydrogens (tertiary/aromatic N) is 2. The van der Waals surface area contributed by atoms with Gasteiger partial charge < -0.3 is 0 Å².